The first-order valence-corrected chi connectivity index (χ1v) is 8.24. The number of rotatable bonds is 5. The number of hydrogen-bond donors (Lipinski definition) is 3. The van der Waals surface area contributed by atoms with E-state index in [1.807, 2.05) is 0 Å². The van der Waals surface area contributed by atoms with Gasteiger partial charge in [0.1, 0.15) is 11.5 Å². The fourth-order valence-electron chi connectivity index (χ4n) is 3.00. The van der Waals surface area contributed by atoms with E-state index >= 15 is 0 Å². The number of amides is 2. The third kappa shape index (κ3) is 5.10. The predicted molar refractivity (Wildman–Crippen MR) is 86.2 cm³/mol. The zero-order chi connectivity index (χ0) is 16.9. The monoisotopic (exact) mass is 322 g/mol. The molecule has 23 heavy (non-hydrogen) atoms. The van der Waals surface area contributed by atoms with E-state index in [1.54, 1.807) is 19.9 Å². The van der Waals surface area contributed by atoms with Crippen LogP contribution in [0.2, 0.25) is 0 Å². The molecule has 1 saturated carbocycles. The largest absolute Gasteiger partial charge is 0.466 e. The number of aliphatic hydroxyl groups is 1. The average molecular weight is 322 g/mol. The van der Waals surface area contributed by atoms with Gasteiger partial charge in [-0.25, -0.2) is 0 Å². The number of hydrogen-bond acceptors (Lipinski definition) is 4. The van der Waals surface area contributed by atoms with Gasteiger partial charge in [-0.1, -0.05) is 25.7 Å². The van der Waals surface area contributed by atoms with Crippen LogP contribution in [0.4, 0.5) is 0 Å². The van der Waals surface area contributed by atoms with Gasteiger partial charge in [0.15, 0.2) is 0 Å². The molecule has 0 saturated heterocycles. The molecule has 6 heteroatoms. The summed E-state index contributed by atoms with van der Waals surface area (Å²) in [6.07, 6.45) is 5.68. The number of carbonyl (C=O) groups is 2. The minimum Gasteiger partial charge on any atom is -0.466 e. The van der Waals surface area contributed by atoms with Crippen LogP contribution in [0.3, 0.4) is 0 Å². The van der Waals surface area contributed by atoms with Gasteiger partial charge in [0.25, 0.3) is 5.91 Å². The summed E-state index contributed by atoms with van der Waals surface area (Å²) >= 11 is 0. The van der Waals surface area contributed by atoms with E-state index in [4.69, 9.17) is 4.42 Å². The fraction of sp³-hybridized carbons (Fsp3) is 0.647. The molecule has 128 valence electrons. The Kier molecular flexibility index (Phi) is 5.82. The lowest BCUT2D eigenvalue weighted by atomic mass is 9.94. The Labute approximate surface area is 136 Å². The van der Waals surface area contributed by atoms with Gasteiger partial charge in [0, 0.05) is 6.54 Å². The molecule has 1 aliphatic rings. The maximum atomic E-state index is 12.0. The minimum absolute atomic E-state index is 0.113. The highest BCUT2D eigenvalue weighted by Gasteiger charge is 2.28. The van der Waals surface area contributed by atoms with Crippen molar-refractivity contribution in [2.75, 3.05) is 13.1 Å². The van der Waals surface area contributed by atoms with Crippen molar-refractivity contribution in [3.05, 3.63) is 23.2 Å². The first kappa shape index (κ1) is 17.5. The van der Waals surface area contributed by atoms with Crippen LogP contribution in [-0.4, -0.2) is 35.6 Å². The summed E-state index contributed by atoms with van der Waals surface area (Å²) in [5.41, 5.74) is -0.369. The lowest BCUT2D eigenvalue weighted by Gasteiger charge is -2.26. The van der Waals surface area contributed by atoms with Crippen LogP contribution in [0.1, 0.15) is 60.4 Å². The zero-order valence-corrected chi connectivity index (χ0v) is 13.9. The summed E-state index contributed by atoms with van der Waals surface area (Å²) in [4.78, 5) is 23.9. The molecule has 2 amide bonds. The van der Waals surface area contributed by atoms with Gasteiger partial charge in [-0.3, -0.25) is 9.59 Å². The number of furan rings is 1. The van der Waals surface area contributed by atoms with Crippen LogP contribution < -0.4 is 10.6 Å². The maximum absolute atomic E-state index is 12.0. The second kappa shape index (κ2) is 7.64. The molecule has 0 atom stereocenters. The van der Waals surface area contributed by atoms with E-state index in [2.05, 4.69) is 10.6 Å². The quantitative estimate of drug-likeness (QED) is 0.721. The van der Waals surface area contributed by atoms with Crippen LogP contribution in [-0.2, 0) is 4.79 Å². The minimum atomic E-state index is -0.811. The Morgan fingerprint density at radius 3 is 2.39 bits per heavy atom. The van der Waals surface area contributed by atoms with Crippen LogP contribution in [0.5, 0.6) is 0 Å². The third-order valence-corrected chi connectivity index (χ3v) is 4.34. The van der Waals surface area contributed by atoms with Crippen molar-refractivity contribution in [3.8, 4) is 0 Å². The van der Waals surface area contributed by atoms with Gasteiger partial charge in [-0.2, -0.15) is 0 Å². The summed E-state index contributed by atoms with van der Waals surface area (Å²) < 4.78 is 5.30. The standard InChI is InChI=1S/C17H26N2O4/c1-12-9-14(13(2)23-12)16(21)18-10-15(20)19-11-17(22)7-5-3-4-6-8-17/h9,22H,3-8,10-11H2,1-2H3,(H,18,21)(H,19,20). The van der Waals surface area contributed by atoms with Gasteiger partial charge >= 0.3 is 0 Å². The van der Waals surface area contributed by atoms with Crippen molar-refractivity contribution in [2.24, 2.45) is 0 Å². The van der Waals surface area contributed by atoms with E-state index in [0.29, 0.717) is 29.9 Å². The van der Waals surface area contributed by atoms with Crippen molar-refractivity contribution in [2.45, 2.75) is 58.0 Å². The third-order valence-electron chi connectivity index (χ3n) is 4.34. The summed E-state index contributed by atoms with van der Waals surface area (Å²) in [7, 11) is 0. The molecule has 6 nitrogen and oxygen atoms in total. The van der Waals surface area contributed by atoms with Gasteiger partial charge in [-0.05, 0) is 32.8 Å². The molecule has 1 fully saturated rings. The molecular formula is C17H26N2O4. The second-order valence-corrected chi connectivity index (χ2v) is 6.42. The lowest BCUT2D eigenvalue weighted by molar-refractivity contribution is -0.121. The molecule has 1 aromatic rings. The molecule has 1 aliphatic carbocycles. The van der Waals surface area contributed by atoms with Crippen LogP contribution in [0, 0.1) is 13.8 Å². The average Bonchev–Trinajstić information content (AvgIpc) is 2.71. The number of nitrogens with one attached hydrogen (secondary N) is 2. The van der Waals surface area contributed by atoms with Crippen molar-refractivity contribution in [1.29, 1.82) is 0 Å². The molecule has 0 aliphatic heterocycles. The topological polar surface area (TPSA) is 91.6 Å². The van der Waals surface area contributed by atoms with Crippen molar-refractivity contribution in [3.63, 3.8) is 0 Å². The number of aryl methyl sites for hydroxylation is 2. The highest BCUT2D eigenvalue weighted by atomic mass is 16.3. The normalized spacial score (nSPS) is 17.3. The van der Waals surface area contributed by atoms with E-state index < -0.39 is 5.60 Å². The van der Waals surface area contributed by atoms with E-state index in [1.165, 1.54) is 0 Å². The summed E-state index contributed by atoms with van der Waals surface area (Å²) in [5.74, 6) is 0.567. The molecule has 1 aromatic heterocycles. The van der Waals surface area contributed by atoms with Crippen LogP contribution >= 0.6 is 0 Å². The second-order valence-electron chi connectivity index (χ2n) is 6.42. The predicted octanol–water partition coefficient (Wildman–Crippen LogP) is 1.83. The van der Waals surface area contributed by atoms with Crippen molar-refractivity contribution in [1.82, 2.24) is 10.6 Å². The Hall–Kier alpha value is -1.82. The van der Waals surface area contributed by atoms with E-state index in [-0.39, 0.29) is 24.9 Å². The van der Waals surface area contributed by atoms with Gasteiger partial charge < -0.3 is 20.2 Å². The Bertz CT molecular complexity index is 557. The molecule has 0 bridgehead atoms. The summed E-state index contributed by atoms with van der Waals surface area (Å²) in [6.45, 7) is 3.61. The highest BCUT2D eigenvalue weighted by molar-refractivity contribution is 5.97. The lowest BCUT2D eigenvalue weighted by Crippen LogP contribution is -2.45. The first-order valence-electron chi connectivity index (χ1n) is 8.24. The molecular weight excluding hydrogens is 296 g/mol. The molecule has 0 spiro atoms. The smallest absolute Gasteiger partial charge is 0.255 e. The highest BCUT2D eigenvalue weighted by Crippen LogP contribution is 2.26. The maximum Gasteiger partial charge on any atom is 0.255 e. The SMILES string of the molecule is Cc1cc(C(=O)NCC(=O)NCC2(O)CCCCCC2)c(C)o1. The van der Waals surface area contributed by atoms with Crippen LogP contribution in [0.15, 0.2) is 10.5 Å². The molecule has 2 rings (SSSR count). The number of carbonyl (C=O) groups excluding carboxylic acids is 2. The fourth-order valence-corrected chi connectivity index (χ4v) is 3.00. The van der Waals surface area contributed by atoms with E-state index in [9.17, 15) is 14.7 Å². The molecule has 1 heterocycles. The van der Waals surface area contributed by atoms with Crippen molar-refractivity contribution >= 4 is 11.8 Å². The first-order chi connectivity index (χ1) is 10.9. The zero-order valence-electron chi connectivity index (χ0n) is 13.9. The van der Waals surface area contributed by atoms with Crippen molar-refractivity contribution < 1.29 is 19.1 Å². The molecule has 0 radical (unpaired) electrons. The van der Waals surface area contributed by atoms with Gasteiger partial charge in [0.2, 0.25) is 5.91 Å². The van der Waals surface area contributed by atoms with E-state index in [0.717, 1.165) is 25.7 Å². The Morgan fingerprint density at radius 1 is 1.17 bits per heavy atom. The van der Waals surface area contributed by atoms with Crippen LogP contribution in [0.25, 0.3) is 0 Å². The Balaban J connectivity index is 1.76. The van der Waals surface area contributed by atoms with Gasteiger partial charge in [-0.15, -0.1) is 0 Å². The Morgan fingerprint density at radius 2 is 1.83 bits per heavy atom. The van der Waals surface area contributed by atoms with Gasteiger partial charge in [0.05, 0.1) is 17.7 Å². The molecule has 3 N–H and O–H groups in total. The summed E-state index contributed by atoms with van der Waals surface area (Å²) in [5, 5.41) is 15.8. The summed E-state index contributed by atoms with van der Waals surface area (Å²) in [6, 6.07) is 1.65. The molecule has 0 aromatic carbocycles. The molecule has 0 unspecified atom stereocenters.